The lowest BCUT2D eigenvalue weighted by Crippen LogP contribution is -2.17. The molecule has 0 aliphatic carbocycles. The Labute approximate surface area is 122 Å². The Balaban J connectivity index is 2.13. The van der Waals surface area contributed by atoms with Crippen LogP contribution in [0.15, 0.2) is 36.4 Å². The third-order valence-corrected chi connectivity index (χ3v) is 3.26. The van der Waals surface area contributed by atoms with E-state index in [9.17, 15) is 14.3 Å². The van der Waals surface area contributed by atoms with Gasteiger partial charge in [-0.2, -0.15) is 0 Å². The fourth-order valence-electron chi connectivity index (χ4n) is 2.04. The second-order valence-electron chi connectivity index (χ2n) is 4.71. The predicted molar refractivity (Wildman–Crippen MR) is 80.0 cm³/mol. The largest absolute Gasteiger partial charge is 0.505 e. The van der Waals surface area contributed by atoms with E-state index in [4.69, 9.17) is 0 Å². The average Bonchev–Trinajstić information content (AvgIpc) is 2.49. The summed E-state index contributed by atoms with van der Waals surface area (Å²) in [6, 6.07) is 9.68. The fourth-order valence-corrected chi connectivity index (χ4v) is 2.04. The topological polar surface area (TPSA) is 61.4 Å². The van der Waals surface area contributed by atoms with E-state index >= 15 is 0 Å². The normalized spacial score (nSPS) is 10.2. The number of amides is 1. The number of carbonyl (C=O) groups excluding carboxylic acids is 1. The smallest absolute Gasteiger partial charge is 0.251 e. The number of para-hydroxylation sites is 1. The van der Waals surface area contributed by atoms with Gasteiger partial charge in [-0.15, -0.1) is 0 Å². The molecule has 2 aromatic rings. The van der Waals surface area contributed by atoms with Crippen LogP contribution in [-0.4, -0.2) is 18.1 Å². The van der Waals surface area contributed by atoms with Gasteiger partial charge in [0.1, 0.15) is 0 Å². The average molecular weight is 288 g/mol. The summed E-state index contributed by atoms with van der Waals surface area (Å²) in [5.74, 6) is -1.13. The number of hydrogen-bond acceptors (Lipinski definition) is 3. The Hall–Kier alpha value is -2.56. The van der Waals surface area contributed by atoms with Gasteiger partial charge in [0.25, 0.3) is 5.91 Å². The summed E-state index contributed by atoms with van der Waals surface area (Å²) in [5, 5.41) is 15.3. The molecule has 21 heavy (non-hydrogen) atoms. The van der Waals surface area contributed by atoms with Gasteiger partial charge in [0.2, 0.25) is 0 Å². The van der Waals surface area contributed by atoms with Crippen molar-refractivity contribution < 1.29 is 14.3 Å². The van der Waals surface area contributed by atoms with Crippen molar-refractivity contribution in [2.75, 3.05) is 12.4 Å². The number of aryl methyl sites for hydroxylation is 1. The molecule has 1 amide bonds. The van der Waals surface area contributed by atoms with Crippen LogP contribution in [-0.2, 0) is 6.54 Å². The zero-order valence-electron chi connectivity index (χ0n) is 11.9. The number of aromatic hydroxyl groups is 1. The Morgan fingerprint density at radius 1 is 1.29 bits per heavy atom. The first-order valence-corrected chi connectivity index (χ1v) is 6.56. The van der Waals surface area contributed by atoms with E-state index in [2.05, 4.69) is 10.6 Å². The van der Waals surface area contributed by atoms with Crippen LogP contribution in [0.4, 0.5) is 10.1 Å². The lowest BCUT2D eigenvalue weighted by Gasteiger charge is -2.12. The quantitative estimate of drug-likeness (QED) is 0.810. The number of hydrogen-bond donors (Lipinski definition) is 3. The summed E-state index contributed by atoms with van der Waals surface area (Å²) in [6.45, 7) is 2.17. The van der Waals surface area contributed by atoms with Crippen molar-refractivity contribution in [2.24, 2.45) is 0 Å². The molecule has 0 saturated heterocycles. The van der Waals surface area contributed by atoms with Gasteiger partial charge in [0, 0.05) is 30.4 Å². The van der Waals surface area contributed by atoms with Crippen molar-refractivity contribution in [1.82, 2.24) is 5.32 Å². The summed E-state index contributed by atoms with van der Waals surface area (Å²) in [6.07, 6.45) is 0. The predicted octanol–water partition coefficient (Wildman–Crippen LogP) is 2.81. The summed E-state index contributed by atoms with van der Waals surface area (Å²) < 4.78 is 13.2. The molecule has 0 fully saturated rings. The van der Waals surface area contributed by atoms with Gasteiger partial charge < -0.3 is 15.7 Å². The third-order valence-electron chi connectivity index (χ3n) is 3.26. The lowest BCUT2D eigenvalue weighted by molar-refractivity contribution is 0.0963. The first-order valence-electron chi connectivity index (χ1n) is 6.56. The van der Waals surface area contributed by atoms with E-state index in [-0.39, 0.29) is 11.7 Å². The highest BCUT2D eigenvalue weighted by Gasteiger charge is 2.08. The van der Waals surface area contributed by atoms with Crippen LogP contribution in [0.5, 0.6) is 5.75 Å². The molecule has 0 bridgehead atoms. The minimum absolute atomic E-state index is 0.146. The van der Waals surface area contributed by atoms with Crippen molar-refractivity contribution in [3.05, 3.63) is 58.9 Å². The highest BCUT2D eigenvalue weighted by molar-refractivity contribution is 5.94. The second kappa shape index (κ2) is 6.26. The number of rotatable bonds is 4. The number of anilines is 1. The van der Waals surface area contributed by atoms with Crippen molar-refractivity contribution in [2.45, 2.75) is 13.5 Å². The molecule has 110 valence electrons. The maximum Gasteiger partial charge on any atom is 0.251 e. The van der Waals surface area contributed by atoms with Crippen LogP contribution in [0, 0.1) is 12.7 Å². The zero-order valence-corrected chi connectivity index (χ0v) is 11.9. The SMILES string of the molecule is CNC(=O)c1ccc(NCc2cccc(F)c2O)c(C)c1. The summed E-state index contributed by atoms with van der Waals surface area (Å²) >= 11 is 0. The van der Waals surface area contributed by atoms with Crippen molar-refractivity contribution in [3.8, 4) is 5.75 Å². The van der Waals surface area contributed by atoms with E-state index in [0.29, 0.717) is 17.7 Å². The molecule has 2 aromatic carbocycles. The number of nitrogens with one attached hydrogen (secondary N) is 2. The Morgan fingerprint density at radius 2 is 2.05 bits per heavy atom. The highest BCUT2D eigenvalue weighted by atomic mass is 19.1. The van der Waals surface area contributed by atoms with Gasteiger partial charge in [0.15, 0.2) is 11.6 Å². The molecule has 0 aliphatic rings. The molecule has 4 nitrogen and oxygen atoms in total. The molecule has 0 atom stereocenters. The lowest BCUT2D eigenvalue weighted by atomic mass is 10.1. The maximum absolute atomic E-state index is 13.2. The van der Waals surface area contributed by atoms with Crippen LogP contribution >= 0.6 is 0 Å². The van der Waals surface area contributed by atoms with E-state index < -0.39 is 5.82 Å². The van der Waals surface area contributed by atoms with Gasteiger partial charge in [0.05, 0.1) is 0 Å². The van der Waals surface area contributed by atoms with Crippen molar-refractivity contribution in [1.29, 1.82) is 0 Å². The molecule has 0 unspecified atom stereocenters. The molecule has 0 aliphatic heterocycles. The molecule has 0 radical (unpaired) electrons. The molecule has 0 spiro atoms. The Bertz CT molecular complexity index is 671. The summed E-state index contributed by atoms with van der Waals surface area (Å²) in [7, 11) is 1.58. The van der Waals surface area contributed by atoms with E-state index in [1.807, 2.05) is 6.92 Å². The standard InChI is InChI=1S/C16H17FN2O2/c1-10-8-11(16(21)18-2)6-7-14(10)19-9-12-4-3-5-13(17)15(12)20/h3-8,19-20H,9H2,1-2H3,(H,18,21). The Kier molecular flexibility index (Phi) is 4.42. The monoisotopic (exact) mass is 288 g/mol. The van der Waals surface area contributed by atoms with Crippen LogP contribution in [0.2, 0.25) is 0 Å². The highest BCUT2D eigenvalue weighted by Crippen LogP contribution is 2.23. The van der Waals surface area contributed by atoms with Crippen LogP contribution in [0.1, 0.15) is 21.5 Å². The van der Waals surface area contributed by atoms with E-state index in [1.165, 1.54) is 6.07 Å². The number of carbonyl (C=O) groups is 1. The Morgan fingerprint density at radius 3 is 2.71 bits per heavy atom. The molecule has 0 saturated carbocycles. The number of benzene rings is 2. The minimum Gasteiger partial charge on any atom is -0.505 e. The number of halogens is 1. The van der Waals surface area contributed by atoms with Crippen molar-refractivity contribution >= 4 is 11.6 Å². The molecule has 0 heterocycles. The third kappa shape index (κ3) is 3.31. The van der Waals surface area contributed by atoms with Gasteiger partial charge in [-0.05, 0) is 36.8 Å². The summed E-state index contributed by atoms with van der Waals surface area (Å²) in [4.78, 5) is 11.5. The zero-order chi connectivity index (χ0) is 15.4. The van der Waals surface area contributed by atoms with Crippen LogP contribution in [0.25, 0.3) is 0 Å². The first kappa shape index (κ1) is 14.8. The minimum atomic E-state index is -0.638. The van der Waals surface area contributed by atoms with Gasteiger partial charge >= 0.3 is 0 Å². The first-order chi connectivity index (χ1) is 10.0. The van der Waals surface area contributed by atoms with Crippen molar-refractivity contribution in [3.63, 3.8) is 0 Å². The molecule has 5 heteroatoms. The van der Waals surface area contributed by atoms with E-state index in [0.717, 1.165) is 11.3 Å². The maximum atomic E-state index is 13.2. The van der Waals surface area contributed by atoms with Gasteiger partial charge in [-0.3, -0.25) is 4.79 Å². The number of phenols is 1. The second-order valence-corrected chi connectivity index (χ2v) is 4.71. The molecular formula is C16H17FN2O2. The van der Waals surface area contributed by atoms with Crippen LogP contribution in [0.3, 0.4) is 0 Å². The summed E-state index contributed by atoms with van der Waals surface area (Å²) in [5.41, 5.74) is 2.78. The van der Waals surface area contributed by atoms with Crippen LogP contribution < -0.4 is 10.6 Å². The molecular weight excluding hydrogens is 271 g/mol. The fraction of sp³-hybridized carbons (Fsp3) is 0.188. The van der Waals surface area contributed by atoms with Gasteiger partial charge in [-0.25, -0.2) is 4.39 Å². The molecule has 2 rings (SSSR count). The molecule has 3 N–H and O–H groups in total. The van der Waals surface area contributed by atoms with E-state index in [1.54, 1.807) is 37.4 Å². The number of phenolic OH excluding ortho intramolecular Hbond substituents is 1. The molecule has 0 aromatic heterocycles. The van der Waals surface area contributed by atoms with Gasteiger partial charge in [-0.1, -0.05) is 12.1 Å².